The molecule has 0 bridgehead atoms. The van der Waals surface area contributed by atoms with Crippen molar-refractivity contribution in [3.05, 3.63) is 45.2 Å². The van der Waals surface area contributed by atoms with Crippen molar-refractivity contribution in [1.29, 1.82) is 0 Å². The number of hydrogen-bond acceptors (Lipinski definition) is 4. The van der Waals surface area contributed by atoms with Gasteiger partial charge in [0, 0.05) is 14.9 Å². The number of nitrogens with two attached hydrogens (primary N) is 1. The minimum Gasteiger partial charge on any atom is -0.367 e. The van der Waals surface area contributed by atoms with Crippen molar-refractivity contribution in [3.8, 4) is 21.7 Å². The maximum Gasteiger partial charge on any atom is 0.231 e. The van der Waals surface area contributed by atoms with Crippen molar-refractivity contribution < 1.29 is 4.52 Å². The average molecular weight is 356 g/mol. The predicted octanol–water partition coefficient (Wildman–Crippen LogP) is 5.07. The molecule has 3 nitrogen and oxygen atoms in total. The zero-order chi connectivity index (χ0) is 13.4. The first-order chi connectivity index (χ1) is 9.16. The lowest BCUT2D eigenvalue weighted by Gasteiger charge is -2.02. The second-order valence-corrected chi connectivity index (χ2v) is 6.09. The highest BCUT2D eigenvalue weighted by Crippen LogP contribution is 2.39. The van der Waals surface area contributed by atoms with Crippen LogP contribution in [0.2, 0.25) is 5.02 Å². The van der Waals surface area contributed by atoms with Crippen LogP contribution >= 0.6 is 38.9 Å². The molecule has 0 fully saturated rings. The van der Waals surface area contributed by atoms with Crippen LogP contribution in [-0.4, -0.2) is 5.16 Å². The topological polar surface area (TPSA) is 52.0 Å². The maximum absolute atomic E-state index is 6.11. The minimum absolute atomic E-state index is 0.316. The van der Waals surface area contributed by atoms with Gasteiger partial charge >= 0.3 is 0 Å². The molecule has 0 saturated heterocycles. The number of nitrogen functional groups attached to an aromatic ring is 1. The molecule has 0 unspecified atom stereocenters. The van der Waals surface area contributed by atoms with E-state index in [1.165, 1.54) is 0 Å². The summed E-state index contributed by atoms with van der Waals surface area (Å²) in [7, 11) is 0. The van der Waals surface area contributed by atoms with Gasteiger partial charge in [-0.3, -0.25) is 0 Å². The van der Waals surface area contributed by atoms with Crippen LogP contribution in [0.1, 0.15) is 0 Å². The lowest BCUT2D eigenvalue weighted by Crippen LogP contribution is -1.86. The number of rotatable bonds is 2. The van der Waals surface area contributed by atoms with Crippen LogP contribution in [0.4, 0.5) is 5.88 Å². The van der Waals surface area contributed by atoms with Crippen LogP contribution in [0.15, 0.2) is 44.7 Å². The largest absolute Gasteiger partial charge is 0.367 e. The molecule has 1 aromatic carbocycles. The van der Waals surface area contributed by atoms with E-state index in [0.29, 0.717) is 16.6 Å². The summed E-state index contributed by atoms with van der Waals surface area (Å²) in [6.45, 7) is 0. The molecule has 19 heavy (non-hydrogen) atoms. The van der Waals surface area contributed by atoms with Crippen LogP contribution in [-0.2, 0) is 0 Å². The van der Waals surface area contributed by atoms with Crippen molar-refractivity contribution in [1.82, 2.24) is 5.16 Å². The van der Waals surface area contributed by atoms with Crippen LogP contribution in [0, 0.1) is 0 Å². The van der Waals surface area contributed by atoms with Gasteiger partial charge in [-0.1, -0.05) is 28.9 Å². The number of halogens is 2. The van der Waals surface area contributed by atoms with E-state index < -0.39 is 0 Å². The number of hydrogen-bond donors (Lipinski definition) is 1. The Morgan fingerprint density at radius 2 is 2.16 bits per heavy atom. The lowest BCUT2D eigenvalue weighted by molar-refractivity contribution is 0.439. The molecule has 0 aliphatic carbocycles. The molecule has 0 radical (unpaired) electrons. The highest BCUT2D eigenvalue weighted by atomic mass is 79.9. The Hall–Kier alpha value is -1.30. The highest BCUT2D eigenvalue weighted by molar-refractivity contribution is 9.10. The van der Waals surface area contributed by atoms with E-state index in [4.69, 9.17) is 21.9 Å². The van der Waals surface area contributed by atoms with E-state index in [0.717, 1.165) is 20.5 Å². The molecule has 3 aromatic rings. The Bertz CT molecular complexity index is 724. The number of thiophene rings is 1. The molecule has 2 N–H and O–H groups in total. The summed E-state index contributed by atoms with van der Waals surface area (Å²) < 4.78 is 5.96. The van der Waals surface area contributed by atoms with Gasteiger partial charge < -0.3 is 10.3 Å². The Morgan fingerprint density at radius 3 is 2.84 bits per heavy atom. The average Bonchev–Trinajstić information content (AvgIpc) is 3.01. The zero-order valence-electron chi connectivity index (χ0n) is 9.56. The number of nitrogens with zero attached hydrogens (tertiary/aromatic N) is 1. The van der Waals surface area contributed by atoms with Crippen LogP contribution < -0.4 is 5.73 Å². The van der Waals surface area contributed by atoms with Crippen molar-refractivity contribution >= 4 is 44.8 Å². The fourth-order valence-corrected chi connectivity index (χ4v) is 3.01. The third-order valence-corrected chi connectivity index (χ3v) is 4.80. The second-order valence-electron chi connectivity index (χ2n) is 3.88. The predicted molar refractivity (Wildman–Crippen MR) is 82.4 cm³/mol. The van der Waals surface area contributed by atoms with E-state index >= 15 is 0 Å². The van der Waals surface area contributed by atoms with Gasteiger partial charge in [-0.05, 0) is 39.5 Å². The smallest absolute Gasteiger partial charge is 0.231 e. The molecule has 0 saturated carbocycles. The molecule has 0 aliphatic heterocycles. The molecule has 0 amide bonds. The van der Waals surface area contributed by atoms with Crippen LogP contribution in [0.25, 0.3) is 21.7 Å². The third-order valence-electron chi connectivity index (χ3n) is 2.68. The van der Waals surface area contributed by atoms with Crippen LogP contribution in [0.5, 0.6) is 0 Å². The van der Waals surface area contributed by atoms with Gasteiger partial charge in [0.2, 0.25) is 5.88 Å². The second kappa shape index (κ2) is 5.00. The lowest BCUT2D eigenvalue weighted by atomic mass is 10.1. The summed E-state index contributed by atoms with van der Waals surface area (Å²) in [6, 6.07) is 9.58. The van der Waals surface area contributed by atoms with Gasteiger partial charge in [0.05, 0.1) is 10.6 Å². The fraction of sp³-hybridized carbons (Fsp3) is 0. The molecule has 3 rings (SSSR count). The van der Waals surface area contributed by atoms with Gasteiger partial charge in [-0.15, -0.1) is 11.3 Å². The number of benzene rings is 1. The number of aromatic nitrogens is 1. The third kappa shape index (κ3) is 2.29. The Balaban J connectivity index is 2.18. The van der Waals surface area contributed by atoms with Crippen molar-refractivity contribution in [2.24, 2.45) is 0 Å². The van der Waals surface area contributed by atoms with Gasteiger partial charge in [0.1, 0.15) is 5.69 Å². The maximum atomic E-state index is 6.11. The summed E-state index contributed by atoms with van der Waals surface area (Å²) in [4.78, 5) is 1.02. The molecule has 6 heteroatoms. The molecule has 2 heterocycles. The van der Waals surface area contributed by atoms with E-state index in [1.54, 1.807) is 11.3 Å². The SMILES string of the molecule is Nc1onc(-c2ccc(Br)c(Cl)c2)c1-c1cccs1. The van der Waals surface area contributed by atoms with E-state index in [-0.39, 0.29) is 0 Å². The first-order valence-corrected chi connectivity index (χ1v) is 7.46. The van der Waals surface area contributed by atoms with Crippen molar-refractivity contribution in [2.75, 3.05) is 5.73 Å². The van der Waals surface area contributed by atoms with E-state index in [9.17, 15) is 0 Å². The van der Waals surface area contributed by atoms with Gasteiger partial charge in [-0.25, -0.2) is 0 Å². The van der Waals surface area contributed by atoms with Gasteiger partial charge in [0.25, 0.3) is 0 Å². The fourth-order valence-electron chi connectivity index (χ4n) is 1.80. The summed E-state index contributed by atoms with van der Waals surface area (Å²) in [5.41, 5.74) is 8.26. The molecular formula is C13H8BrClN2OS. The van der Waals surface area contributed by atoms with E-state index in [1.807, 2.05) is 35.7 Å². The molecular weight excluding hydrogens is 348 g/mol. The Kier molecular flexibility index (Phi) is 3.35. The van der Waals surface area contributed by atoms with Gasteiger partial charge in [-0.2, -0.15) is 0 Å². The summed E-state index contributed by atoms with van der Waals surface area (Å²) in [5.74, 6) is 0.316. The normalized spacial score (nSPS) is 10.8. The molecule has 0 spiro atoms. The quantitative estimate of drug-likeness (QED) is 0.698. The Morgan fingerprint density at radius 1 is 1.32 bits per heavy atom. The first kappa shape index (κ1) is 12.7. The molecule has 96 valence electrons. The van der Waals surface area contributed by atoms with E-state index in [2.05, 4.69) is 21.1 Å². The standard InChI is InChI=1S/C13H8BrClN2OS/c14-8-4-3-7(6-9(8)15)12-11(13(16)18-17-12)10-2-1-5-19-10/h1-6H,16H2. The number of anilines is 1. The van der Waals surface area contributed by atoms with Gasteiger partial charge in [0.15, 0.2) is 0 Å². The first-order valence-electron chi connectivity index (χ1n) is 5.41. The van der Waals surface area contributed by atoms with Crippen LogP contribution in [0.3, 0.4) is 0 Å². The highest BCUT2D eigenvalue weighted by Gasteiger charge is 2.18. The molecule has 0 aliphatic rings. The molecule has 2 aromatic heterocycles. The molecule has 0 atom stereocenters. The summed E-state index contributed by atoms with van der Waals surface area (Å²) in [6.07, 6.45) is 0. The summed E-state index contributed by atoms with van der Waals surface area (Å²) >= 11 is 11.1. The zero-order valence-corrected chi connectivity index (χ0v) is 12.7. The Labute approximate surface area is 127 Å². The minimum atomic E-state index is 0.316. The van der Waals surface area contributed by atoms with Crippen molar-refractivity contribution in [3.63, 3.8) is 0 Å². The summed E-state index contributed by atoms with van der Waals surface area (Å²) in [5, 5.41) is 6.65. The van der Waals surface area contributed by atoms with Crippen molar-refractivity contribution in [2.45, 2.75) is 0 Å². The monoisotopic (exact) mass is 354 g/mol.